The van der Waals surface area contributed by atoms with E-state index in [1.165, 1.54) is 5.56 Å². The quantitative estimate of drug-likeness (QED) is 0.173. The standard InChI is InChI=1S/C25H28N.C11H8N.Ir/c1-16-9-8-10-22-18(16)12-14-21(26-22)17-11-13-19-20(15-17)24(4,5)25(6,7)23(19,2)3;1-2-6-10(7-3-1)11-8-4-5-9-12-11;/h8-10,12-15H,1-7H3;1-6,8-9H;/q2*-1;/i13D,15D;;. The van der Waals surface area contributed by atoms with Gasteiger partial charge in [0.1, 0.15) is 0 Å². The van der Waals surface area contributed by atoms with E-state index in [1.54, 1.807) is 6.20 Å². The van der Waals surface area contributed by atoms with Crippen LogP contribution in [0.4, 0.5) is 0 Å². The minimum atomic E-state index is -0.226. The predicted molar refractivity (Wildman–Crippen MR) is 159 cm³/mol. The maximum atomic E-state index is 9.07. The summed E-state index contributed by atoms with van der Waals surface area (Å²) in [6.07, 6.45) is 1.79. The van der Waals surface area contributed by atoms with Crippen LogP contribution in [0.25, 0.3) is 33.4 Å². The first-order valence-corrected chi connectivity index (χ1v) is 13.2. The molecule has 2 aromatic heterocycles. The van der Waals surface area contributed by atoms with Gasteiger partial charge in [-0.2, -0.15) is 0 Å². The summed E-state index contributed by atoms with van der Waals surface area (Å²) in [6, 6.07) is 31.0. The molecule has 39 heavy (non-hydrogen) atoms. The van der Waals surface area contributed by atoms with Gasteiger partial charge in [0.2, 0.25) is 0 Å². The van der Waals surface area contributed by atoms with Crippen LogP contribution in [-0.2, 0) is 30.9 Å². The Morgan fingerprint density at radius 2 is 1.46 bits per heavy atom. The Bertz CT molecular complexity index is 1660. The monoisotopic (exact) mass is 691 g/mol. The van der Waals surface area contributed by atoms with Gasteiger partial charge in [-0.1, -0.05) is 77.9 Å². The van der Waals surface area contributed by atoms with E-state index in [9.17, 15) is 0 Å². The molecule has 0 amide bonds. The zero-order valence-electron chi connectivity index (χ0n) is 25.7. The minimum Gasteiger partial charge on any atom is -0.305 e. The largest absolute Gasteiger partial charge is 0.305 e. The van der Waals surface area contributed by atoms with E-state index in [1.807, 2.05) is 60.7 Å². The van der Waals surface area contributed by atoms with Crippen LogP contribution in [0.5, 0.6) is 0 Å². The molecule has 0 saturated heterocycles. The third kappa shape index (κ3) is 4.99. The summed E-state index contributed by atoms with van der Waals surface area (Å²) in [6.45, 7) is 15.4. The topological polar surface area (TPSA) is 25.8 Å². The van der Waals surface area contributed by atoms with Gasteiger partial charge >= 0.3 is 0 Å². The van der Waals surface area contributed by atoms with Crippen molar-refractivity contribution in [2.75, 3.05) is 0 Å². The third-order valence-electron chi connectivity index (χ3n) is 9.04. The Kier molecular flexibility index (Phi) is 7.23. The van der Waals surface area contributed by atoms with Crippen LogP contribution in [-0.4, -0.2) is 9.97 Å². The Labute approximate surface area is 250 Å². The Morgan fingerprint density at radius 1 is 0.718 bits per heavy atom. The number of nitrogens with zero attached hydrogens (tertiary/aromatic N) is 2. The Morgan fingerprint density at radius 3 is 2.15 bits per heavy atom. The SMILES string of the molecule is [2H]c1[c-]c(-c2ccc3c(C)cccc3n2)c([2H])c2c1C(C)(C)C(C)(C)C2(C)C.[Ir].[c-]1ccccc1-c1ccccn1. The van der Waals surface area contributed by atoms with Crippen molar-refractivity contribution >= 4 is 10.9 Å². The molecule has 1 aliphatic carbocycles. The van der Waals surface area contributed by atoms with Crippen molar-refractivity contribution in [1.29, 1.82) is 0 Å². The number of hydrogen-bond acceptors (Lipinski definition) is 2. The number of fused-ring (bicyclic) bond motifs is 2. The van der Waals surface area contributed by atoms with Crippen LogP contribution < -0.4 is 0 Å². The molecule has 1 radical (unpaired) electrons. The molecule has 201 valence electrons. The van der Waals surface area contributed by atoms with Gasteiger partial charge in [-0.3, -0.25) is 4.98 Å². The second-order valence-corrected chi connectivity index (χ2v) is 11.7. The van der Waals surface area contributed by atoms with Crippen LogP contribution in [0, 0.1) is 24.5 Å². The van der Waals surface area contributed by atoms with Crippen LogP contribution in [0.15, 0.2) is 91.1 Å². The zero-order valence-corrected chi connectivity index (χ0v) is 26.1. The molecule has 2 nitrogen and oxygen atoms in total. The van der Waals surface area contributed by atoms with E-state index in [2.05, 4.69) is 77.7 Å². The molecule has 0 aliphatic heterocycles. The fraction of sp³-hybridized carbons (Fsp3) is 0.278. The summed E-state index contributed by atoms with van der Waals surface area (Å²) < 4.78 is 17.8. The summed E-state index contributed by atoms with van der Waals surface area (Å²) in [5, 5.41) is 1.12. The van der Waals surface area contributed by atoms with E-state index in [0.717, 1.165) is 39.0 Å². The van der Waals surface area contributed by atoms with E-state index in [-0.39, 0.29) is 36.4 Å². The van der Waals surface area contributed by atoms with Crippen LogP contribution in [0.1, 0.15) is 61.0 Å². The molecule has 0 atom stereocenters. The maximum absolute atomic E-state index is 9.07. The van der Waals surface area contributed by atoms with Gasteiger partial charge in [0.25, 0.3) is 0 Å². The van der Waals surface area contributed by atoms with Gasteiger partial charge in [-0.25, -0.2) is 0 Å². The predicted octanol–water partition coefficient (Wildman–Crippen LogP) is 9.15. The third-order valence-corrected chi connectivity index (χ3v) is 9.04. The van der Waals surface area contributed by atoms with Crippen molar-refractivity contribution in [3.05, 3.63) is 120 Å². The van der Waals surface area contributed by atoms with E-state index in [0.29, 0.717) is 17.6 Å². The first kappa shape index (κ1) is 26.1. The molecular weight excluding hydrogens is 653 g/mol. The van der Waals surface area contributed by atoms with Crippen molar-refractivity contribution in [2.24, 2.45) is 5.41 Å². The molecule has 1 aliphatic rings. The first-order chi connectivity index (χ1) is 18.9. The molecule has 0 fully saturated rings. The minimum absolute atomic E-state index is 0. The van der Waals surface area contributed by atoms with Crippen molar-refractivity contribution in [3.8, 4) is 22.5 Å². The fourth-order valence-corrected chi connectivity index (χ4v) is 5.40. The van der Waals surface area contributed by atoms with Crippen molar-refractivity contribution in [3.63, 3.8) is 0 Å². The molecule has 6 rings (SSSR count). The van der Waals surface area contributed by atoms with Gasteiger partial charge in [-0.05, 0) is 53.6 Å². The second-order valence-electron chi connectivity index (χ2n) is 11.7. The molecule has 3 heteroatoms. The van der Waals surface area contributed by atoms with E-state index in [4.69, 9.17) is 7.73 Å². The van der Waals surface area contributed by atoms with Crippen LogP contribution >= 0.6 is 0 Å². The molecule has 0 N–H and O–H groups in total. The number of aromatic nitrogens is 2. The Balaban J connectivity index is 0.000000249. The summed E-state index contributed by atoms with van der Waals surface area (Å²) in [7, 11) is 0. The van der Waals surface area contributed by atoms with Gasteiger partial charge in [0.05, 0.1) is 5.52 Å². The van der Waals surface area contributed by atoms with Gasteiger partial charge < -0.3 is 4.98 Å². The summed E-state index contributed by atoms with van der Waals surface area (Å²) in [5.74, 6) is 0. The van der Waals surface area contributed by atoms with Crippen molar-refractivity contribution in [1.82, 2.24) is 9.97 Å². The molecular formula is C36H36IrN2-2. The number of rotatable bonds is 2. The molecule has 3 aromatic carbocycles. The fourth-order valence-electron chi connectivity index (χ4n) is 5.40. The molecule has 2 heterocycles. The van der Waals surface area contributed by atoms with Gasteiger partial charge in [-0.15, -0.1) is 70.7 Å². The van der Waals surface area contributed by atoms with Crippen molar-refractivity contribution < 1.29 is 22.8 Å². The molecule has 0 bridgehead atoms. The molecule has 0 unspecified atom stereocenters. The second kappa shape index (κ2) is 10.8. The summed E-state index contributed by atoms with van der Waals surface area (Å²) >= 11 is 0. The van der Waals surface area contributed by atoms with Gasteiger partial charge in [0.15, 0.2) is 0 Å². The first-order valence-electron chi connectivity index (χ1n) is 14.2. The van der Waals surface area contributed by atoms with Crippen molar-refractivity contribution in [2.45, 2.75) is 59.3 Å². The summed E-state index contributed by atoms with van der Waals surface area (Å²) in [4.78, 5) is 9.04. The van der Waals surface area contributed by atoms with Crippen LogP contribution in [0.3, 0.4) is 0 Å². The van der Waals surface area contributed by atoms with Crippen LogP contribution in [0.2, 0.25) is 0 Å². The smallest absolute Gasteiger partial charge is 0.0597 e. The molecule has 0 spiro atoms. The average Bonchev–Trinajstić information content (AvgIpc) is 3.06. The zero-order chi connectivity index (χ0) is 28.9. The summed E-state index contributed by atoms with van der Waals surface area (Å²) in [5.41, 5.74) is 6.89. The number of aryl methyl sites for hydroxylation is 1. The number of benzene rings is 3. The maximum Gasteiger partial charge on any atom is 0.0597 e. The molecule has 5 aromatic rings. The number of hydrogen-bond donors (Lipinski definition) is 0. The average molecular weight is 691 g/mol. The van der Waals surface area contributed by atoms with E-state index >= 15 is 0 Å². The molecule has 0 saturated carbocycles. The Hall–Kier alpha value is -3.13. The van der Waals surface area contributed by atoms with E-state index < -0.39 is 0 Å². The van der Waals surface area contributed by atoms with Gasteiger partial charge in [0, 0.05) is 33.1 Å². The number of pyridine rings is 2. The normalized spacial score (nSPS) is 16.7.